The van der Waals surface area contributed by atoms with Crippen LogP contribution < -0.4 is 10.0 Å². The number of hydrogen-bond donors (Lipinski definition) is 0. The molecule has 4 rings (SSSR count). The highest BCUT2D eigenvalue weighted by Gasteiger charge is 2.36. The molecule has 0 unspecified atom stereocenters. The van der Waals surface area contributed by atoms with Crippen molar-refractivity contribution in [2.45, 2.75) is 6.92 Å². The van der Waals surface area contributed by atoms with Gasteiger partial charge < -0.3 is 5.11 Å². The number of nitro benzene ring substituents is 1. The molecule has 0 atom stereocenters. The van der Waals surface area contributed by atoms with E-state index in [0.717, 1.165) is 22.6 Å². The number of aryl methyl sites for hydroxylation is 1. The number of anilines is 1. The van der Waals surface area contributed by atoms with Gasteiger partial charge >= 0.3 is 0 Å². The second kappa shape index (κ2) is 7.29. The number of hydrogen-bond acceptors (Lipinski definition) is 5. The van der Waals surface area contributed by atoms with E-state index in [1.807, 2.05) is 6.07 Å². The molecule has 0 fully saturated rings. The van der Waals surface area contributed by atoms with Crippen molar-refractivity contribution in [3.05, 3.63) is 99.1 Å². The second-order valence-electron chi connectivity index (χ2n) is 6.82. The largest absolute Gasteiger partial charge is 0.868 e. The second-order valence-corrected chi connectivity index (χ2v) is 6.82. The Balaban J connectivity index is 1.92. The third kappa shape index (κ3) is 3.12. The quantitative estimate of drug-likeness (QED) is 0.289. The maximum atomic E-state index is 13.4. The lowest BCUT2D eigenvalue weighted by molar-refractivity contribution is -0.398. The van der Waals surface area contributed by atoms with E-state index in [-0.39, 0.29) is 5.57 Å². The van der Waals surface area contributed by atoms with Crippen molar-refractivity contribution >= 4 is 34.8 Å². The smallest absolute Gasteiger partial charge is 0.265 e. The molecule has 2 amide bonds. The van der Waals surface area contributed by atoms with E-state index in [1.54, 1.807) is 49.4 Å². The number of fused-ring (bicyclic) bond motifs is 1. The monoisotopic (exact) mass is 399 g/mol. The summed E-state index contributed by atoms with van der Waals surface area (Å²) in [6.07, 6.45) is 1.46. The lowest BCUT2D eigenvalue weighted by Crippen LogP contribution is -2.42. The van der Waals surface area contributed by atoms with Crippen LogP contribution in [0.1, 0.15) is 27.0 Å². The van der Waals surface area contributed by atoms with E-state index >= 15 is 0 Å². The van der Waals surface area contributed by atoms with Crippen LogP contribution >= 0.6 is 0 Å². The Labute approximate surface area is 171 Å². The van der Waals surface area contributed by atoms with Crippen LogP contribution in [-0.4, -0.2) is 16.7 Å². The average Bonchev–Trinajstić information content (AvgIpc) is 2.73. The third-order valence-corrected chi connectivity index (χ3v) is 4.93. The maximum absolute atomic E-state index is 13.4. The van der Waals surface area contributed by atoms with E-state index in [2.05, 4.69) is 0 Å². The Hall–Kier alpha value is -4.26. The predicted octanol–water partition coefficient (Wildman–Crippen LogP) is 3.70. The van der Waals surface area contributed by atoms with Gasteiger partial charge in [-0.25, -0.2) is 4.90 Å². The zero-order valence-electron chi connectivity index (χ0n) is 15.9. The molecule has 0 saturated carbocycles. The van der Waals surface area contributed by atoms with Crippen LogP contribution in [-0.2, 0) is 4.79 Å². The van der Waals surface area contributed by atoms with E-state index in [4.69, 9.17) is 0 Å². The summed E-state index contributed by atoms with van der Waals surface area (Å²) in [4.78, 5) is 38.0. The lowest BCUT2D eigenvalue weighted by Gasteiger charge is -2.29. The summed E-state index contributed by atoms with van der Waals surface area (Å²) in [7, 11) is 0. The number of imide groups is 1. The van der Waals surface area contributed by atoms with Gasteiger partial charge in [-0.15, -0.1) is 0 Å². The molecule has 3 aromatic carbocycles. The third-order valence-electron chi connectivity index (χ3n) is 4.93. The zero-order chi connectivity index (χ0) is 21.4. The molecule has 1 aliphatic rings. The van der Waals surface area contributed by atoms with Crippen LogP contribution in [0.5, 0.6) is 5.75 Å². The molecule has 0 spiro atoms. The van der Waals surface area contributed by atoms with Crippen molar-refractivity contribution < 1.29 is 19.6 Å². The van der Waals surface area contributed by atoms with Crippen molar-refractivity contribution in [1.29, 1.82) is 0 Å². The first kappa shape index (κ1) is 19.1. The average molecular weight is 399 g/mol. The molecule has 1 heterocycles. The Morgan fingerprint density at radius 3 is 2.27 bits per heavy atom. The molecule has 148 valence electrons. The summed E-state index contributed by atoms with van der Waals surface area (Å²) in [5.41, 5.74) is 1.96. The molecule has 7 heteroatoms. The number of nitrogens with zero attached hydrogens (tertiary/aromatic N) is 2. The molecular formula is C23H15N2O5-. The van der Waals surface area contributed by atoms with Gasteiger partial charge in [-0.05, 0) is 47.6 Å². The summed E-state index contributed by atoms with van der Waals surface area (Å²) in [6.45, 7) is 1.80. The van der Waals surface area contributed by atoms with Gasteiger partial charge in [0.05, 0.1) is 10.6 Å². The van der Waals surface area contributed by atoms with E-state index in [1.165, 1.54) is 12.1 Å². The fourth-order valence-electron chi connectivity index (χ4n) is 3.46. The fourth-order valence-corrected chi connectivity index (χ4v) is 3.46. The number of benzene rings is 3. The summed E-state index contributed by atoms with van der Waals surface area (Å²) < 4.78 is 0. The minimum atomic E-state index is -0.760. The number of carbonyl (C=O) groups is 2. The molecule has 0 aliphatic carbocycles. The number of carbonyl (C=O) groups excluding carboxylic acids is 2. The van der Waals surface area contributed by atoms with Gasteiger partial charge in [0, 0.05) is 17.2 Å². The number of nitro groups is 1. The van der Waals surface area contributed by atoms with Crippen molar-refractivity contribution in [3.63, 3.8) is 0 Å². The highest BCUT2D eigenvalue weighted by molar-refractivity contribution is 6.43. The Morgan fingerprint density at radius 1 is 0.900 bits per heavy atom. The van der Waals surface area contributed by atoms with Crippen molar-refractivity contribution in [2.75, 3.05) is 4.90 Å². The highest BCUT2D eigenvalue weighted by atomic mass is 16.6. The molecule has 0 saturated heterocycles. The Bertz CT molecular complexity index is 1250. The summed E-state index contributed by atoms with van der Waals surface area (Å²) in [5.74, 6) is -1.70. The zero-order valence-corrected chi connectivity index (χ0v) is 15.9. The Morgan fingerprint density at radius 2 is 1.57 bits per heavy atom. The topological polar surface area (TPSA) is 104 Å². The van der Waals surface area contributed by atoms with Crippen LogP contribution in [0, 0.1) is 17.0 Å². The van der Waals surface area contributed by atoms with Gasteiger partial charge in [-0.1, -0.05) is 48.5 Å². The maximum Gasteiger partial charge on any atom is 0.265 e. The van der Waals surface area contributed by atoms with Gasteiger partial charge in [0.1, 0.15) is 0 Å². The number of amides is 2. The lowest BCUT2D eigenvalue weighted by atomic mass is 9.91. The summed E-state index contributed by atoms with van der Waals surface area (Å²) in [6, 6.07) is 17.4. The van der Waals surface area contributed by atoms with Gasteiger partial charge in [0.15, 0.2) is 0 Å². The van der Waals surface area contributed by atoms with Crippen molar-refractivity contribution in [1.82, 2.24) is 0 Å². The van der Waals surface area contributed by atoms with Crippen LogP contribution in [0.25, 0.3) is 11.6 Å². The molecule has 0 aromatic heterocycles. The van der Waals surface area contributed by atoms with Crippen LogP contribution in [0.3, 0.4) is 0 Å². The van der Waals surface area contributed by atoms with Crippen LogP contribution in [0.15, 0.2) is 66.7 Å². The normalized spacial score (nSPS) is 14.7. The Kier molecular flexibility index (Phi) is 4.63. The molecule has 30 heavy (non-hydrogen) atoms. The first-order valence-corrected chi connectivity index (χ1v) is 9.09. The summed E-state index contributed by atoms with van der Waals surface area (Å²) >= 11 is 0. The van der Waals surface area contributed by atoms with Crippen molar-refractivity contribution in [2.24, 2.45) is 0 Å². The van der Waals surface area contributed by atoms with Crippen LogP contribution in [0.2, 0.25) is 0 Å². The van der Waals surface area contributed by atoms with Gasteiger partial charge in [0.2, 0.25) is 0 Å². The first-order valence-electron chi connectivity index (χ1n) is 9.09. The van der Waals surface area contributed by atoms with Gasteiger partial charge in [-0.2, -0.15) is 0 Å². The minimum absolute atomic E-state index is 0.210. The van der Waals surface area contributed by atoms with E-state index in [9.17, 15) is 24.8 Å². The van der Waals surface area contributed by atoms with Gasteiger partial charge in [0.25, 0.3) is 17.5 Å². The molecule has 3 aromatic rings. The fraction of sp³-hybridized carbons (Fsp3) is 0.0435. The molecule has 0 radical (unpaired) electrons. The standard InChI is InChI=1S/C23H16N2O5/c1-14-6-2-5-9-19(14)24-22(27)17-8-4-3-7-16(17)18(23(24)28)12-15-10-11-21(26)20(13-15)25(29)30/h2-13,26H,1H3/p-1/b18-12-. The van der Waals surface area contributed by atoms with Gasteiger partial charge in [-0.3, -0.25) is 19.7 Å². The number of para-hydroxylation sites is 1. The van der Waals surface area contributed by atoms with Crippen LogP contribution in [0.4, 0.5) is 11.4 Å². The van der Waals surface area contributed by atoms with E-state index < -0.39 is 28.2 Å². The first-order chi connectivity index (χ1) is 14.4. The number of rotatable bonds is 3. The van der Waals surface area contributed by atoms with Crippen molar-refractivity contribution in [3.8, 4) is 5.75 Å². The molecule has 0 bridgehead atoms. The summed E-state index contributed by atoms with van der Waals surface area (Å²) in [5, 5.41) is 22.8. The SMILES string of the molecule is Cc1ccccc1N1C(=O)/C(=C\c2ccc([O-])c([N+](=O)[O-])c2)c2ccccc2C1=O. The van der Waals surface area contributed by atoms with E-state index in [0.29, 0.717) is 22.4 Å². The molecule has 0 N–H and O–H groups in total. The minimum Gasteiger partial charge on any atom is -0.868 e. The molecule has 1 aliphatic heterocycles. The molecular weight excluding hydrogens is 384 g/mol. The highest BCUT2D eigenvalue weighted by Crippen LogP contribution is 2.35. The predicted molar refractivity (Wildman–Crippen MR) is 110 cm³/mol. The molecule has 7 nitrogen and oxygen atoms in total.